The first kappa shape index (κ1) is 22.3. The summed E-state index contributed by atoms with van der Waals surface area (Å²) in [4.78, 5) is 16.1. The predicted molar refractivity (Wildman–Crippen MR) is 135 cm³/mol. The molecule has 1 aliphatic heterocycles. The molecule has 9 nitrogen and oxygen atoms in total. The first-order valence-corrected chi connectivity index (χ1v) is 13.0. The van der Waals surface area contributed by atoms with Gasteiger partial charge in [0.1, 0.15) is 16.5 Å². The van der Waals surface area contributed by atoms with Crippen molar-refractivity contribution in [3.05, 3.63) is 72.2 Å². The number of aromatic nitrogens is 3. The molecule has 0 radical (unpaired) electrons. The molecule has 1 fully saturated rings. The Balaban J connectivity index is 1.39. The van der Waals surface area contributed by atoms with Crippen molar-refractivity contribution in [2.45, 2.75) is 4.90 Å². The summed E-state index contributed by atoms with van der Waals surface area (Å²) < 4.78 is 27.5. The molecule has 0 unspecified atom stereocenters. The molecule has 3 heterocycles. The summed E-state index contributed by atoms with van der Waals surface area (Å²) >= 11 is 1.50. The van der Waals surface area contributed by atoms with Crippen LogP contribution in [0.25, 0.3) is 10.7 Å². The Hall–Kier alpha value is -3.54. The minimum atomic E-state index is -3.53. The largest absolute Gasteiger partial charge is 0.399 e. The highest BCUT2D eigenvalue weighted by Gasteiger charge is 2.29. The number of anilines is 4. The fourth-order valence-corrected chi connectivity index (χ4v) is 5.72. The molecule has 0 aliphatic carbocycles. The smallest absolute Gasteiger partial charge is 0.243 e. The lowest BCUT2D eigenvalue weighted by Gasteiger charge is -2.34. The Morgan fingerprint density at radius 1 is 0.941 bits per heavy atom. The molecular formula is C23H23N7O2S2. The maximum atomic E-state index is 13.0. The maximum Gasteiger partial charge on any atom is 0.243 e. The van der Waals surface area contributed by atoms with Gasteiger partial charge in [-0.05, 0) is 36.4 Å². The van der Waals surface area contributed by atoms with Crippen molar-refractivity contribution in [1.82, 2.24) is 19.3 Å². The van der Waals surface area contributed by atoms with Crippen molar-refractivity contribution in [1.29, 1.82) is 0 Å². The van der Waals surface area contributed by atoms with Gasteiger partial charge in [-0.3, -0.25) is 0 Å². The second kappa shape index (κ2) is 9.37. The third-order valence-electron chi connectivity index (χ3n) is 5.45. The van der Waals surface area contributed by atoms with Gasteiger partial charge >= 0.3 is 0 Å². The number of thiazole rings is 1. The number of nitrogens with zero attached hydrogens (tertiary/aromatic N) is 5. The van der Waals surface area contributed by atoms with Crippen molar-refractivity contribution in [2.24, 2.45) is 0 Å². The third kappa shape index (κ3) is 4.72. The van der Waals surface area contributed by atoms with E-state index >= 15 is 0 Å². The average Bonchev–Trinajstić information content (AvgIpc) is 3.41. The van der Waals surface area contributed by atoms with Gasteiger partial charge in [0.25, 0.3) is 0 Å². The van der Waals surface area contributed by atoms with Gasteiger partial charge in [-0.1, -0.05) is 18.2 Å². The molecule has 34 heavy (non-hydrogen) atoms. The topological polar surface area (TPSA) is 117 Å². The number of nitrogens with one attached hydrogen (secondary N) is 1. The van der Waals surface area contributed by atoms with E-state index < -0.39 is 10.0 Å². The quantitative estimate of drug-likeness (QED) is 0.392. The fourth-order valence-electron chi connectivity index (χ4n) is 3.68. The number of benzene rings is 2. The zero-order chi connectivity index (χ0) is 23.5. The minimum absolute atomic E-state index is 0.306. The Kier molecular flexibility index (Phi) is 6.14. The predicted octanol–water partition coefficient (Wildman–Crippen LogP) is 3.44. The highest BCUT2D eigenvalue weighted by molar-refractivity contribution is 7.89. The Bertz CT molecular complexity index is 1350. The van der Waals surface area contributed by atoms with E-state index in [-0.39, 0.29) is 0 Å². The number of piperazine rings is 1. The van der Waals surface area contributed by atoms with Crippen molar-refractivity contribution in [3.8, 4) is 10.7 Å². The fraction of sp³-hybridized carbons (Fsp3) is 0.174. The second-order valence-corrected chi connectivity index (χ2v) is 10.6. The van der Waals surface area contributed by atoms with Gasteiger partial charge in [-0.2, -0.15) is 9.29 Å². The number of hydrogen-bond acceptors (Lipinski definition) is 9. The van der Waals surface area contributed by atoms with Crippen LogP contribution in [0.4, 0.5) is 23.1 Å². The molecule has 2 aromatic heterocycles. The second-order valence-electron chi connectivity index (χ2n) is 7.73. The monoisotopic (exact) mass is 493 g/mol. The van der Waals surface area contributed by atoms with Crippen molar-refractivity contribution >= 4 is 44.5 Å². The van der Waals surface area contributed by atoms with E-state index in [2.05, 4.69) is 10.3 Å². The highest BCUT2D eigenvalue weighted by Crippen LogP contribution is 2.27. The van der Waals surface area contributed by atoms with E-state index in [4.69, 9.17) is 15.7 Å². The molecule has 4 aromatic rings. The van der Waals surface area contributed by atoms with E-state index in [9.17, 15) is 8.42 Å². The molecule has 5 rings (SSSR count). The van der Waals surface area contributed by atoms with Crippen molar-refractivity contribution in [2.75, 3.05) is 42.1 Å². The third-order valence-corrected chi connectivity index (χ3v) is 8.16. The maximum absolute atomic E-state index is 13.0. The van der Waals surface area contributed by atoms with Crippen LogP contribution >= 0.6 is 11.3 Å². The van der Waals surface area contributed by atoms with Gasteiger partial charge in [-0.25, -0.2) is 18.4 Å². The van der Waals surface area contributed by atoms with Gasteiger partial charge in [0.15, 0.2) is 0 Å². The Morgan fingerprint density at radius 3 is 2.35 bits per heavy atom. The molecular weight excluding hydrogens is 470 g/mol. The van der Waals surface area contributed by atoms with Crippen LogP contribution < -0.4 is 16.0 Å². The van der Waals surface area contributed by atoms with Crippen LogP contribution in [0.2, 0.25) is 0 Å². The molecule has 1 aliphatic rings. The Morgan fingerprint density at radius 2 is 1.68 bits per heavy atom. The molecule has 0 amide bonds. The molecule has 174 valence electrons. The van der Waals surface area contributed by atoms with E-state index in [0.717, 1.165) is 10.7 Å². The van der Waals surface area contributed by atoms with Gasteiger partial charge in [0.05, 0.1) is 4.90 Å². The lowest BCUT2D eigenvalue weighted by atomic mass is 10.3. The zero-order valence-electron chi connectivity index (χ0n) is 18.2. The molecule has 0 atom stereocenters. The summed E-state index contributed by atoms with van der Waals surface area (Å²) in [5, 5.41) is 5.99. The summed E-state index contributed by atoms with van der Waals surface area (Å²) in [5.74, 6) is 1.15. The van der Waals surface area contributed by atoms with Crippen LogP contribution in [-0.4, -0.2) is 53.9 Å². The standard InChI is InChI=1S/C23H23N7O2S2/c24-17-6-8-18(9-7-17)26-21-16-20(22-25-10-15-33-22)27-23(28-21)29-11-13-30(14-12-29)34(31,32)19-4-2-1-3-5-19/h1-10,15-16H,11-14,24H2,(H,26,27,28). The number of nitrogen functional groups attached to an aromatic ring is 1. The van der Waals surface area contributed by atoms with Gasteiger partial charge in [0.2, 0.25) is 16.0 Å². The lowest BCUT2D eigenvalue weighted by molar-refractivity contribution is 0.382. The molecule has 0 bridgehead atoms. The summed E-state index contributed by atoms with van der Waals surface area (Å²) in [5.41, 5.74) is 8.03. The average molecular weight is 494 g/mol. The summed E-state index contributed by atoms with van der Waals surface area (Å²) in [6.07, 6.45) is 1.74. The first-order chi connectivity index (χ1) is 16.5. The van der Waals surface area contributed by atoms with Crippen LogP contribution in [0.3, 0.4) is 0 Å². The van der Waals surface area contributed by atoms with Crippen LogP contribution in [0, 0.1) is 0 Å². The van der Waals surface area contributed by atoms with Crippen LogP contribution in [0.15, 0.2) is 77.1 Å². The van der Waals surface area contributed by atoms with Crippen molar-refractivity contribution in [3.63, 3.8) is 0 Å². The lowest BCUT2D eigenvalue weighted by Crippen LogP contribution is -2.49. The first-order valence-electron chi connectivity index (χ1n) is 10.7. The molecule has 1 saturated heterocycles. The van der Waals surface area contributed by atoms with Gasteiger partial charge in [-0.15, -0.1) is 11.3 Å². The van der Waals surface area contributed by atoms with Crippen LogP contribution in [0.5, 0.6) is 0 Å². The molecule has 3 N–H and O–H groups in total. The molecule has 2 aromatic carbocycles. The molecule has 11 heteroatoms. The number of rotatable bonds is 6. The minimum Gasteiger partial charge on any atom is -0.399 e. The number of nitrogens with two attached hydrogens (primary N) is 1. The SMILES string of the molecule is Nc1ccc(Nc2cc(-c3nccs3)nc(N3CCN(S(=O)(=O)c4ccccc4)CC3)n2)cc1. The van der Waals surface area contributed by atoms with Crippen molar-refractivity contribution < 1.29 is 8.42 Å². The van der Waals surface area contributed by atoms with Gasteiger partial charge in [0, 0.05) is 55.2 Å². The normalized spacial score (nSPS) is 14.8. The zero-order valence-corrected chi connectivity index (χ0v) is 19.8. The molecule has 0 saturated carbocycles. The Labute approximate surface area is 202 Å². The van der Waals surface area contributed by atoms with E-state index in [1.165, 1.54) is 15.6 Å². The van der Waals surface area contributed by atoms with Crippen LogP contribution in [-0.2, 0) is 10.0 Å². The van der Waals surface area contributed by atoms with E-state index in [1.54, 1.807) is 36.5 Å². The number of sulfonamides is 1. The van der Waals surface area contributed by atoms with Crippen LogP contribution in [0.1, 0.15) is 0 Å². The highest BCUT2D eigenvalue weighted by atomic mass is 32.2. The van der Waals surface area contributed by atoms with Gasteiger partial charge < -0.3 is 16.0 Å². The van der Waals surface area contributed by atoms with E-state index in [1.807, 2.05) is 40.6 Å². The number of hydrogen-bond donors (Lipinski definition) is 2. The molecule has 0 spiro atoms. The summed E-state index contributed by atoms with van der Waals surface area (Å²) in [7, 11) is -3.53. The van der Waals surface area contributed by atoms with E-state index in [0.29, 0.717) is 54.2 Å². The summed E-state index contributed by atoms with van der Waals surface area (Å²) in [6.45, 7) is 1.66. The summed E-state index contributed by atoms with van der Waals surface area (Å²) in [6, 6.07) is 17.8.